The van der Waals surface area contributed by atoms with Gasteiger partial charge in [-0.05, 0) is 37.5 Å². The topological polar surface area (TPSA) is 20.2 Å². The molecule has 3 heteroatoms. The van der Waals surface area contributed by atoms with E-state index in [1.807, 2.05) is 0 Å². The average Bonchev–Trinajstić information content (AvgIpc) is 2.30. The molecule has 2 unspecified atom stereocenters. The van der Waals surface area contributed by atoms with Crippen LogP contribution in [-0.4, -0.2) is 10.7 Å². The van der Waals surface area contributed by atoms with Crippen LogP contribution in [0.4, 0.5) is 0 Å². The summed E-state index contributed by atoms with van der Waals surface area (Å²) in [4.78, 5) is 0. The van der Waals surface area contributed by atoms with Crippen LogP contribution in [0.3, 0.4) is 0 Å². The molecule has 0 fully saturated rings. The first-order chi connectivity index (χ1) is 8.34. The first-order valence-electron chi connectivity index (χ1n) is 6.04. The summed E-state index contributed by atoms with van der Waals surface area (Å²) in [5.74, 6) is 6.28. The minimum Gasteiger partial charge on any atom is -0.378 e. The largest absolute Gasteiger partial charge is 0.378 e. The third-order valence-electron chi connectivity index (χ3n) is 2.84. The van der Waals surface area contributed by atoms with Gasteiger partial charge in [0.1, 0.15) is 5.60 Å². The normalized spacial score (nSPS) is 15.4. The van der Waals surface area contributed by atoms with Crippen molar-refractivity contribution in [3.05, 3.63) is 33.8 Å². The lowest BCUT2D eigenvalue weighted by atomic mass is 9.92. The molecule has 0 bridgehead atoms. The standard InChI is InChI=1S/C15H18Cl2O/c1-4-11(2)10-15(3,18)8-7-12-5-6-13(16)14(17)9-12/h5-6,9,11,18H,4,10H2,1-3H3. The van der Waals surface area contributed by atoms with Crippen LogP contribution in [0.1, 0.15) is 39.2 Å². The summed E-state index contributed by atoms with van der Waals surface area (Å²) >= 11 is 11.7. The van der Waals surface area contributed by atoms with Gasteiger partial charge in [-0.2, -0.15) is 0 Å². The summed E-state index contributed by atoms with van der Waals surface area (Å²) < 4.78 is 0. The highest BCUT2D eigenvalue weighted by Crippen LogP contribution is 2.22. The fraction of sp³-hybridized carbons (Fsp3) is 0.467. The van der Waals surface area contributed by atoms with Crippen molar-refractivity contribution in [2.75, 3.05) is 0 Å². The van der Waals surface area contributed by atoms with Gasteiger partial charge in [0.05, 0.1) is 10.0 Å². The highest BCUT2D eigenvalue weighted by molar-refractivity contribution is 6.42. The Balaban J connectivity index is 2.83. The SMILES string of the molecule is CCC(C)CC(C)(O)C#Cc1ccc(Cl)c(Cl)c1. The summed E-state index contributed by atoms with van der Waals surface area (Å²) in [5, 5.41) is 11.2. The Bertz CT molecular complexity index is 469. The van der Waals surface area contributed by atoms with Gasteiger partial charge in [-0.25, -0.2) is 0 Å². The van der Waals surface area contributed by atoms with Crippen molar-refractivity contribution in [3.63, 3.8) is 0 Å². The molecule has 0 aliphatic rings. The first kappa shape index (κ1) is 15.4. The highest BCUT2D eigenvalue weighted by Gasteiger charge is 2.19. The molecule has 1 N–H and O–H groups in total. The quantitative estimate of drug-likeness (QED) is 0.809. The lowest BCUT2D eigenvalue weighted by Crippen LogP contribution is -2.24. The van der Waals surface area contributed by atoms with Crippen LogP contribution in [-0.2, 0) is 0 Å². The Hall–Kier alpha value is -0.680. The zero-order valence-electron chi connectivity index (χ0n) is 10.9. The van der Waals surface area contributed by atoms with Gasteiger partial charge in [-0.15, -0.1) is 0 Å². The van der Waals surface area contributed by atoms with E-state index >= 15 is 0 Å². The molecule has 1 aromatic rings. The van der Waals surface area contributed by atoms with Gasteiger partial charge in [0.25, 0.3) is 0 Å². The maximum Gasteiger partial charge on any atom is 0.123 e. The van der Waals surface area contributed by atoms with Gasteiger partial charge in [-0.3, -0.25) is 0 Å². The summed E-state index contributed by atoms with van der Waals surface area (Å²) in [7, 11) is 0. The van der Waals surface area contributed by atoms with E-state index < -0.39 is 5.60 Å². The summed E-state index contributed by atoms with van der Waals surface area (Å²) in [6, 6.07) is 5.20. The minimum atomic E-state index is -0.971. The van der Waals surface area contributed by atoms with Crippen LogP contribution in [0.5, 0.6) is 0 Å². The number of rotatable bonds is 3. The van der Waals surface area contributed by atoms with E-state index in [0.29, 0.717) is 22.4 Å². The number of benzene rings is 1. The minimum absolute atomic E-state index is 0.447. The van der Waals surface area contributed by atoms with E-state index in [0.717, 1.165) is 12.0 Å². The Kier molecular flexibility index (Phi) is 5.53. The molecule has 0 heterocycles. The van der Waals surface area contributed by atoms with Crippen molar-refractivity contribution in [1.29, 1.82) is 0 Å². The molecule has 0 saturated carbocycles. The molecule has 18 heavy (non-hydrogen) atoms. The molecule has 2 atom stereocenters. The van der Waals surface area contributed by atoms with E-state index in [2.05, 4.69) is 25.7 Å². The molecular formula is C15H18Cl2O. The summed E-state index contributed by atoms with van der Waals surface area (Å²) in [6.45, 7) is 5.95. The summed E-state index contributed by atoms with van der Waals surface area (Å²) in [6.07, 6.45) is 1.70. The monoisotopic (exact) mass is 284 g/mol. The van der Waals surface area contributed by atoms with E-state index in [1.165, 1.54) is 0 Å². The molecule has 1 nitrogen and oxygen atoms in total. The zero-order valence-corrected chi connectivity index (χ0v) is 12.4. The van der Waals surface area contributed by atoms with E-state index in [1.54, 1.807) is 25.1 Å². The first-order valence-corrected chi connectivity index (χ1v) is 6.80. The second-order valence-corrected chi connectivity index (χ2v) is 5.68. The van der Waals surface area contributed by atoms with Crippen LogP contribution in [0.25, 0.3) is 0 Å². The predicted molar refractivity (Wildman–Crippen MR) is 78.0 cm³/mol. The van der Waals surface area contributed by atoms with Crippen molar-refractivity contribution in [3.8, 4) is 11.8 Å². The molecule has 98 valence electrons. The van der Waals surface area contributed by atoms with Gasteiger partial charge < -0.3 is 5.11 Å². The van der Waals surface area contributed by atoms with Crippen LogP contribution in [0.15, 0.2) is 18.2 Å². The number of hydrogen-bond acceptors (Lipinski definition) is 1. The smallest absolute Gasteiger partial charge is 0.123 e. The van der Waals surface area contributed by atoms with Gasteiger partial charge in [-0.1, -0.05) is 55.3 Å². The Morgan fingerprint density at radius 1 is 1.33 bits per heavy atom. The van der Waals surface area contributed by atoms with E-state index in [-0.39, 0.29) is 0 Å². The molecule has 1 rings (SSSR count). The Morgan fingerprint density at radius 2 is 2.00 bits per heavy atom. The van der Waals surface area contributed by atoms with Gasteiger partial charge in [0.2, 0.25) is 0 Å². The molecule has 0 aliphatic heterocycles. The van der Waals surface area contributed by atoms with E-state index in [4.69, 9.17) is 23.2 Å². The molecule has 0 amide bonds. The fourth-order valence-electron chi connectivity index (χ4n) is 1.65. The van der Waals surface area contributed by atoms with Crippen molar-refractivity contribution in [2.45, 2.75) is 39.2 Å². The molecule has 0 aromatic heterocycles. The third kappa shape index (κ3) is 4.90. The maximum atomic E-state index is 10.2. The Morgan fingerprint density at radius 3 is 2.56 bits per heavy atom. The lowest BCUT2D eigenvalue weighted by Gasteiger charge is -2.20. The second kappa shape index (κ2) is 6.48. The molecular weight excluding hydrogens is 267 g/mol. The zero-order chi connectivity index (χ0) is 13.8. The van der Waals surface area contributed by atoms with Crippen molar-refractivity contribution >= 4 is 23.2 Å². The molecule has 0 aliphatic carbocycles. The lowest BCUT2D eigenvalue weighted by molar-refractivity contribution is 0.0939. The van der Waals surface area contributed by atoms with Gasteiger partial charge in [0, 0.05) is 5.56 Å². The second-order valence-electron chi connectivity index (χ2n) is 4.87. The average molecular weight is 285 g/mol. The van der Waals surface area contributed by atoms with Crippen LogP contribution in [0, 0.1) is 17.8 Å². The molecule has 0 spiro atoms. The summed E-state index contributed by atoms with van der Waals surface area (Å²) in [5.41, 5.74) is -0.213. The molecule has 1 aromatic carbocycles. The third-order valence-corrected chi connectivity index (χ3v) is 3.58. The number of halogens is 2. The highest BCUT2D eigenvalue weighted by atomic mass is 35.5. The predicted octanol–water partition coefficient (Wildman–Crippen LogP) is 4.53. The van der Waals surface area contributed by atoms with Crippen molar-refractivity contribution in [1.82, 2.24) is 0 Å². The number of hydrogen-bond donors (Lipinski definition) is 1. The number of aliphatic hydroxyl groups is 1. The maximum absolute atomic E-state index is 10.2. The van der Waals surface area contributed by atoms with Crippen LogP contribution < -0.4 is 0 Å². The van der Waals surface area contributed by atoms with Crippen LogP contribution in [0.2, 0.25) is 10.0 Å². The fourth-order valence-corrected chi connectivity index (χ4v) is 1.95. The molecule has 0 saturated heterocycles. The van der Waals surface area contributed by atoms with Crippen molar-refractivity contribution < 1.29 is 5.11 Å². The van der Waals surface area contributed by atoms with Gasteiger partial charge in [0.15, 0.2) is 0 Å². The Labute approximate surface area is 119 Å². The van der Waals surface area contributed by atoms with Crippen molar-refractivity contribution in [2.24, 2.45) is 5.92 Å². The van der Waals surface area contributed by atoms with Gasteiger partial charge >= 0.3 is 0 Å². The molecule has 0 radical (unpaired) electrons. The van der Waals surface area contributed by atoms with Crippen LogP contribution >= 0.6 is 23.2 Å². The van der Waals surface area contributed by atoms with E-state index in [9.17, 15) is 5.11 Å².